The third kappa shape index (κ3) is 3.03. The number of hydrogen-bond donors (Lipinski definition) is 1. The van der Waals surface area contributed by atoms with Crippen molar-refractivity contribution in [2.75, 3.05) is 0 Å². The molecule has 2 atom stereocenters. The van der Waals surface area contributed by atoms with Gasteiger partial charge in [-0.05, 0) is 24.1 Å². The van der Waals surface area contributed by atoms with Crippen LogP contribution in [-0.2, 0) is 0 Å². The van der Waals surface area contributed by atoms with Gasteiger partial charge in [0.1, 0.15) is 22.2 Å². The van der Waals surface area contributed by atoms with Crippen molar-refractivity contribution in [1.29, 1.82) is 0 Å². The van der Waals surface area contributed by atoms with Gasteiger partial charge in [-0.15, -0.1) is 11.3 Å². The maximum atomic E-state index is 13.0. The van der Waals surface area contributed by atoms with E-state index < -0.39 is 0 Å². The fourth-order valence-corrected chi connectivity index (χ4v) is 3.34. The van der Waals surface area contributed by atoms with Gasteiger partial charge in [0, 0.05) is 29.7 Å². The van der Waals surface area contributed by atoms with Crippen molar-refractivity contribution >= 4 is 17.2 Å². The third-order valence-corrected chi connectivity index (χ3v) is 4.79. The molecule has 1 amide bonds. The van der Waals surface area contributed by atoms with E-state index in [9.17, 15) is 9.18 Å². The molecule has 1 aliphatic rings. The monoisotopic (exact) mass is 340 g/mol. The molecule has 0 saturated heterocycles. The number of halogens is 1. The number of amides is 1. The van der Waals surface area contributed by atoms with E-state index in [4.69, 9.17) is 0 Å². The molecule has 1 fully saturated rings. The van der Waals surface area contributed by atoms with E-state index in [1.807, 2.05) is 0 Å². The lowest BCUT2D eigenvalue weighted by Crippen LogP contribution is -2.26. The van der Waals surface area contributed by atoms with E-state index in [0.29, 0.717) is 16.4 Å². The lowest BCUT2D eigenvalue weighted by atomic mass is 10.1. The maximum Gasteiger partial charge on any atom is 0.271 e. The van der Waals surface area contributed by atoms with Crippen LogP contribution in [-0.4, -0.2) is 26.9 Å². The Morgan fingerprint density at radius 3 is 2.83 bits per heavy atom. The highest BCUT2D eigenvalue weighted by Gasteiger charge is 2.39. The van der Waals surface area contributed by atoms with E-state index in [1.165, 1.54) is 23.5 Å². The van der Waals surface area contributed by atoms with E-state index in [0.717, 1.165) is 12.0 Å². The predicted molar refractivity (Wildman–Crippen MR) is 88.2 cm³/mol. The molecule has 1 N–H and O–H groups in total. The largest absolute Gasteiger partial charge is 0.347 e. The Bertz CT molecular complexity index is 866. The lowest BCUT2D eigenvalue weighted by Gasteiger charge is -2.03. The minimum Gasteiger partial charge on any atom is -0.347 e. The second-order valence-electron chi connectivity index (χ2n) is 5.60. The highest BCUT2D eigenvalue weighted by molar-refractivity contribution is 7.13. The van der Waals surface area contributed by atoms with Gasteiger partial charge in [-0.25, -0.2) is 9.37 Å². The van der Waals surface area contributed by atoms with Gasteiger partial charge in [0.25, 0.3) is 5.91 Å². The van der Waals surface area contributed by atoms with Crippen LogP contribution >= 0.6 is 11.3 Å². The Morgan fingerprint density at radius 2 is 2.08 bits per heavy atom. The molecule has 0 spiro atoms. The molecule has 2 aromatic heterocycles. The van der Waals surface area contributed by atoms with Gasteiger partial charge < -0.3 is 5.32 Å². The molecule has 5 nitrogen and oxygen atoms in total. The third-order valence-electron chi connectivity index (χ3n) is 3.92. The Labute approximate surface area is 141 Å². The standard InChI is InChI=1S/C17H13FN4OS/c18-11-3-1-10(2-4-11)12-7-13(12)21-16(23)15-9-24-17(22-15)14-8-19-5-6-20-14/h1-6,8-9,12-13H,7H2,(H,21,23)/t12-,13+/m0/s1. The van der Waals surface area contributed by atoms with Crippen LogP contribution in [0.4, 0.5) is 4.39 Å². The second kappa shape index (κ2) is 6.09. The first kappa shape index (κ1) is 14.9. The number of aromatic nitrogens is 3. The molecule has 1 aromatic carbocycles. The number of thiazole rings is 1. The average molecular weight is 340 g/mol. The summed E-state index contributed by atoms with van der Waals surface area (Å²) in [6, 6.07) is 6.49. The summed E-state index contributed by atoms with van der Waals surface area (Å²) < 4.78 is 13.0. The van der Waals surface area contributed by atoms with E-state index >= 15 is 0 Å². The molecule has 1 aliphatic carbocycles. The fraction of sp³-hybridized carbons (Fsp3) is 0.176. The van der Waals surface area contributed by atoms with Crippen molar-refractivity contribution in [3.63, 3.8) is 0 Å². The van der Waals surface area contributed by atoms with Crippen molar-refractivity contribution in [3.8, 4) is 10.7 Å². The maximum absolute atomic E-state index is 13.0. The number of carbonyl (C=O) groups is 1. The molecule has 3 aromatic rings. The van der Waals surface area contributed by atoms with Gasteiger partial charge in [0.2, 0.25) is 0 Å². The quantitative estimate of drug-likeness (QED) is 0.793. The van der Waals surface area contributed by atoms with Gasteiger partial charge >= 0.3 is 0 Å². The number of hydrogen-bond acceptors (Lipinski definition) is 5. The highest BCUT2D eigenvalue weighted by Crippen LogP contribution is 2.40. The van der Waals surface area contributed by atoms with Crippen LogP contribution in [0.25, 0.3) is 10.7 Å². The molecule has 1 saturated carbocycles. The van der Waals surface area contributed by atoms with Crippen LogP contribution in [0.2, 0.25) is 0 Å². The molecule has 24 heavy (non-hydrogen) atoms. The first-order valence-corrected chi connectivity index (χ1v) is 8.37. The molecular weight excluding hydrogens is 327 g/mol. The SMILES string of the molecule is O=C(N[C@@H]1C[C@H]1c1ccc(F)cc1)c1csc(-c2cnccn2)n1. The molecule has 0 bridgehead atoms. The first-order valence-electron chi connectivity index (χ1n) is 7.49. The number of benzene rings is 1. The number of nitrogens with one attached hydrogen (secondary N) is 1. The summed E-state index contributed by atoms with van der Waals surface area (Å²) in [4.78, 5) is 24.8. The van der Waals surface area contributed by atoms with Crippen LogP contribution < -0.4 is 5.32 Å². The number of carbonyl (C=O) groups excluding carboxylic acids is 1. The predicted octanol–water partition coefficient (Wildman–Crippen LogP) is 3.03. The van der Waals surface area contributed by atoms with Crippen molar-refractivity contribution in [3.05, 3.63) is 65.3 Å². The van der Waals surface area contributed by atoms with Gasteiger partial charge in [-0.2, -0.15) is 0 Å². The van der Waals surface area contributed by atoms with Crippen molar-refractivity contribution in [1.82, 2.24) is 20.3 Å². The Balaban J connectivity index is 1.41. The topological polar surface area (TPSA) is 67.8 Å². The Kier molecular flexibility index (Phi) is 3.78. The summed E-state index contributed by atoms with van der Waals surface area (Å²) in [6.07, 6.45) is 5.66. The molecule has 0 radical (unpaired) electrons. The Hall–Kier alpha value is -2.67. The highest BCUT2D eigenvalue weighted by atomic mass is 32.1. The van der Waals surface area contributed by atoms with Crippen molar-refractivity contribution in [2.45, 2.75) is 18.4 Å². The van der Waals surface area contributed by atoms with Crippen LogP contribution in [0.3, 0.4) is 0 Å². The summed E-state index contributed by atoms with van der Waals surface area (Å²) in [6.45, 7) is 0. The zero-order valence-corrected chi connectivity index (χ0v) is 13.3. The average Bonchev–Trinajstić information content (AvgIpc) is 3.19. The summed E-state index contributed by atoms with van der Waals surface area (Å²) in [7, 11) is 0. The molecule has 0 aliphatic heterocycles. The van der Waals surface area contributed by atoms with Crippen molar-refractivity contribution < 1.29 is 9.18 Å². The van der Waals surface area contributed by atoms with Gasteiger partial charge in [-0.3, -0.25) is 14.8 Å². The summed E-state index contributed by atoms with van der Waals surface area (Å²) in [5, 5.41) is 5.36. The molecule has 120 valence electrons. The number of nitrogens with zero attached hydrogens (tertiary/aromatic N) is 3. The summed E-state index contributed by atoms with van der Waals surface area (Å²) in [5.74, 6) is -0.206. The molecule has 4 rings (SSSR count). The first-order chi connectivity index (χ1) is 11.7. The fourth-order valence-electron chi connectivity index (χ4n) is 2.58. The van der Waals surface area contributed by atoms with Gasteiger partial charge in [0.15, 0.2) is 0 Å². The summed E-state index contributed by atoms with van der Waals surface area (Å²) in [5.41, 5.74) is 2.07. The summed E-state index contributed by atoms with van der Waals surface area (Å²) >= 11 is 1.36. The van der Waals surface area contributed by atoms with E-state index in [-0.39, 0.29) is 23.7 Å². The number of rotatable bonds is 4. The van der Waals surface area contributed by atoms with Crippen molar-refractivity contribution in [2.24, 2.45) is 0 Å². The van der Waals surface area contributed by atoms with Crippen LogP contribution in [0.5, 0.6) is 0 Å². The van der Waals surface area contributed by atoms with Gasteiger partial charge in [0.05, 0.1) is 6.20 Å². The van der Waals surface area contributed by atoms with Crippen LogP contribution in [0.15, 0.2) is 48.2 Å². The van der Waals surface area contributed by atoms with E-state index in [2.05, 4.69) is 20.3 Å². The van der Waals surface area contributed by atoms with E-state index in [1.54, 1.807) is 36.1 Å². The molecule has 0 unspecified atom stereocenters. The van der Waals surface area contributed by atoms with Crippen LogP contribution in [0.1, 0.15) is 28.4 Å². The molecule has 7 heteroatoms. The minimum atomic E-state index is -0.251. The molecular formula is C17H13FN4OS. The normalized spacial score (nSPS) is 19.0. The van der Waals surface area contributed by atoms with Gasteiger partial charge in [-0.1, -0.05) is 12.1 Å². The lowest BCUT2D eigenvalue weighted by molar-refractivity contribution is 0.0946. The van der Waals surface area contributed by atoms with Crippen LogP contribution in [0, 0.1) is 5.82 Å². The smallest absolute Gasteiger partial charge is 0.271 e. The minimum absolute atomic E-state index is 0.0737. The zero-order valence-electron chi connectivity index (χ0n) is 12.5. The Morgan fingerprint density at radius 1 is 1.25 bits per heavy atom. The molecule has 2 heterocycles. The second-order valence-corrected chi connectivity index (χ2v) is 6.46. The zero-order chi connectivity index (χ0) is 16.5.